The van der Waals surface area contributed by atoms with E-state index in [1.54, 1.807) is 24.3 Å². The summed E-state index contributed by atoms with van der Waals surface area (Å²) in [5, 5.41) is 15.0. The lowest BCUT2D eigenvalue weighted by molar-refractivity contribution is -0.147. The van der Waals surface area contributed by atoms with Gasteiger partial charge >= 0.3 is 5.97 Å². The Bertz CT molecular complexity index is 1590. The Kier molecular flexibility index (Phi) is 9.87. The Morgan fingerprint density at radius 2 is 1.76 bits per heavy atom. The zero-order valence-corrected chi connectivity index (χ0v) is 27.9. The summed E-state index contributed by atoms with van der Waals surface area (Å²) in [5.41, 5.74) is 3.78. The maximum atomic E-state index is 14.3. The van der Waals surface area contributed by atoms with Crippen molar-refractivity contribution in [3.63, 3.8) is 0 Å². The van der Waals surface area contributed by atoms with E-state index in [9.17, 15) is 22.7 Å². The van der Waals surface area contributed by atoms with Crippen molar-refractivity contribution in [1.82, 2.24) is 19.6 Å². The van der Waals surface area contributed by atoms with Crippen LogP contribution in [0.15, 0.2) is 59.5 Å². The molecule has 244 valence electrons. The Balaban J connectivity index is 1.26. The van der Waals surface area contributed by atoms with Crippen LogP contribution in [0, 0.1) is 17.2 Å². The van der Waals surface area contributed by atoms with Crippen molar-refractivity contribution in [1.29, 1.82) is 0 Å². The quantitative estimate of drug-likeness (QED) is 0.317. The summed E-state index contributed by atoms with van der Waals surface area (Å²) in [5.74, 6) is -0.396. The third-order valence-electron chi connectivity index (χ3n) is 9.56. The van der Waals surface area contributed by atoms with Crippen molar-refractivity contribution in [2.24, 2.45) is 11.3 Å². The standard InChI is InChI=1S/C35H47FN4O4S/c1-6-40-32(20-29(37-40)18-24-10-12-30(13-11-24)45(5,43)44)25-14-16-38(17-15-25)21-27-22-39(33(34(41)42)35(2,3)4)23-31(27)26-8-7-9-28(36)19-26/h7-13,19-20,25,27,31,33H,6,14-18,21-23H2,1-5H3,(H,41,42)/t27-,31+,33-/m0/s1. The topological polar surface area (TPSA) is 95.7 Å². The molecule has 1 aromatic heterocycles. The summed E-state index contributed by atoms with van der Waals surface area (Å²) in [6.07, 6.45) is 3.88. The largest absolute Gasteiger partial charge is 0.480 e. The van der Waals surface area contributed by atoms with Gasteiger partial charge in [0.1, 0.15) is 11.9 Å². The minimum Gasteiger partial charge on any atom is -0.480 e. The molecule has 0 saturated carbocycles. The summed E-state index contributed by atoms with van der Waals surface area (Å²) < 4.78 is 40.0. The number of carbonyl (C=O) groups is 1. The lowest BCUT2D eigenvalue weighted by atomic mass is 9.85. The van der Waals surface area contributed by atoms with E-state index in [0.717, 1.165) is 55.8 Å². The molecule has 3 heterocycles. The normalized spacial score (nSPS) is 21.3. The van der Waals surface area contributed by atoms with E-state index < -0.39 is 27.3 Å². The minimum absolute atomic E-state index is 0.0678. The molecule has 2 aliphatic rings. The van der Waals surface area contributed by atoms with Crippen LogP contribution in [0.4, 0.5) is 4.39 Å². The van der Waals surface area contributed by atoms with Gasteiger partial charge in [-0.05, 0) is 85.6 Å². The Labute approximate surface area is 267 Å². The first-order valence-corrected chi connectivity index (χ1v) is 17.9. The molecule has 2 aliphatic heterocycles. The van der Waals surface area contributed by atoms with Gasteiger partial charge in [0.2, 0.25) is 0 Å². The maximum Gasteiger partial charge on any atom is 0.321 e. The molecule has 2 fully saturated rings. The monoisotopic (exact) mass is 638 g/mol. The van der Waals surface area contributed by atoms with Crippen LogP contribution in [0.1, 0.15) is 74.9 Å². The second kappa shape index (κ2) is 13.3. The molecule has 10 heteroatoms. The molecule has 0 amide bonds. The number of nitrogens with zero attached hydrogens (tertiary/aromatic N) is 4. The summed E-state index contributed by atoms with van der Waals surface area (Å²) in [6, 6.07) is 15.5. The molecule has 0 unspecified atom stereocenters. The van der Waals surface area contributed by atoms with Gasteiger partial charge < -0.3 is 10.0 Å². The number of benzene rings is 2. The SMILES string of the molecule is CCn1nc(Cc2ccc(S(C)(=O)=O)cc2)cc1C1CCN(C[C@H]2CN([C@@H](C(=O)O)C(C)(C)C)C[C@@H]2c2cccc(F)c2)CC1. The van der Waals surface area contributed by atoms with Crippen molar-refractivity contribution >= 4 is 15.8 Å². The van der Waals surface area contributed by atoms with Gasteiger partial charge in [0, 0.05) is 56.4 Å². The third-order valence-corrected chi connectivity index (χ3v) is 10.7. The predicted octanol–water partition coefficient (Wildman–Crippen LogP) is 5.43. The van der Waals surface area contributed by atoms with Gasteiger partial charge in [0.15, 0.2) is 9.84 Å². The second-order valence-electron chi connectivity index (χ2n) is 14.0. The number of likely N-dealkylation sites (tertiary alicyclic amines) is 2. The predicted molar refractivity (Wildman–Crippen MR) is 174 cm³/mol. The van der Waals surface area contributed by atoms with Gasteiger partial charge in [-0.3, -0.25) is 14.4 Å². The Morgan fingerprint density at radius 1 is 1.07 bits per heavy atom. The summed E-state index contributed by atoms with van der Waals surface area (Å²) in [6.45, 7) is 12.8. The van der Waals surface area contributed by atoms with Crippen LogP contribution in [0.3, 0.4) is 0 Å². The van der Waals surface area contributed by atoms with Gasteiger partial charge in [-0.25, -0.2) is 12.8 Å². The molecule has 0 bridgehead atoms. The highest BCUT2D eigenvalue weighted by molar-refractivity contribution is 7.90. The molecule has 0 aliphatic carbocycles. The van der Waals surface area contributed by atoms with Crippen LogP contribution in [-0.4, -0.2) is 84.1 Å². The van der Waals surface area contributed by atoms with Crippen LogP contribution in [-0.2, 0) is 27.6 Å². The molecule has 45 heavy (non-hydrogen) atoms. The number of aromatic nitrogens is 2. The highest BCUT2D eigenvalue weighted by Gasteiger charge is 2.44. The number of sulfone groups is 1. The average molecular weight is 639 g/mol. The highest BCUT2D eigenvalue weighted by Crippen LogP contribution is 2.39. The lowest BCUT2D eigenvalue weighted by Crippen LogP contribution is -2.48. The van der Waals surface area contributed by atoms with Gasteiger partial charge in [0.05, 0.1) is 10.6 Å². The molecule has 3 atom stereocenters. The maximum absolute atomic E-state index is 14.3. The highest BCUT2D eigenvalue weighted by atomic mass is 32.2. The molecule has 2 saturated heterocycles. The fraction of sp³-hybridized carbons (Fsp3) is 0.543. The van der Waals surface area contributed by atoms with Crippen molar-refractivity contribution in [3.8, 4) is 0 Å². The smallest absolute Gasteiger partial charge is 0.321 e. The van der Waals surface area contributed by atoms with E-state index in [-0.39, 0.29) is 17.7 Å². The lowest BCUT2D eigenvalue weighted by Gasteiger charge is -2.36. The first-order chi connectivity index (χ1) is 21.2. The number of carboxylic acids is 1. The summed E-state index contributed by atoms with van der Waals surface area (Å²) >= 11 is 0. The second-order valence-corrected chi connectivity index (χ2v) is 16.0. The van der Waals surface area contributed by atoms with E-state index in [1.165, 1.54) is 18.0 Å². The van der Waals surface area contributed by atoms with Crippen LogP contribution in [0.25, 0.3) is 0 Å². The van der Waals surface area contributed by atoms with E-state index in [1.807, 2.05) is 39.0 Å². The number of aliphatic carboxylic acids is 1. The fourth-order valence-electron chi connectivity index (χ4n) is 7.45. The fourth-order valence-corrected chi connectivity index (χ4v) is 8.08. The van der Waals surface area contributed by atoms with Gasteiger partial charge in [0.25, 0.3) is 0 Å². The molecular weight excluding hydrogens is 591 g/mol. The first-order valence-electron chi connectivity index (χ1n) is 16.0. The molecule has 3 aromatic rings. The molecule has 2 aromatic carbocycles. The van der Waals surface area contributed by atoms with Crippen molar-refractivity contribution in [2.45, 2.75) is 76.3 Å². The number of hydrogen-bond donors (Lipinski definition) is 1. The van der Waals surface area contributed by atoms with E-state index in [4.69, 9.17) is 5.10 Å². The molecular formula is C35H47FN4O4S. The summed E-state index contributed by atoms with van der Waals surface area (Å²) in [4.78, 5) is 17.3. The molecule has 8 nitrogen and oxygen atoms in total. The molecule has 0 radical (unpaired) electrons. The minimum atomic E-state index is -3.23. The third kappa shape index (κ3) is 7.84. The number of carboxylic acid groups (broad SMARTS) is 1. The Morgan fingerprint density at radius 3 is 2.33 bits per heavy atom. The van der Waals surface area contributed by atoms with Crippen molar-refractivity contribution in [2.75, 3.05) is 39.0 Å². The van der Waals surface area contributed by atoms with E-state index in [2.05, 4.69) is 27.5 Å². The van der Waals surface area contributed by atoms with Gasteiger partial charge in [-0.15, -0.1) is 0 Å². The number of rotatable bonds is 10. The number of hydrogen-bond acceptors (Lipinski definition) is 6. The van der Waals surface area contributed by atoms with E-state index in [0.29, 0.717) is 30.3 Å². The van der Waals surface area contributed by atoms with Crippen LogP contribution in [0.2, 0.25) is 0 Å². The van der Waals surface area contributed by atoms with Gasteiger partial charge in [-0.2, -0.15) is 5.10 Å². The van der Waals surface area contributed by atoms with Gasteiger partial charge in [-0.1, -0.05) is 45.0 Å². The van der Waals surface area contributed by atoms with Crippen molar-refractivity contribution in [3.05, 3.63) is 82.9 Å². The number of halogens is 1. The van der Waals surface area contributed by atoms with Crippen LogP contribution >= 0.6 is 0 Å². The first kappa shape index (κ1) is 33.3. The zero-order valence-electron chi connectivity index (χ0n) is 27.1. The van der Waals surface area contributed by atoms with Crippen molar-refractivity contribution < 1.29 is 22.7 Å². The summed E-state index contributed by atoms with van der Waals surface area (Å²) in [7, 11) is -3.23. The number of piperidine rings is 1. The molecule has 0 spiro atoms. The van der Waals surface area contributed by atoms with E-state index >= 15 is 0 Å². The Hall–Kier alpha value is -3.08. The average Bonchev–Trinajstić information content (AvgIpc) is 3.56. The number of aryl methyl sites for hydroxylation is 1. The van der Waals surface area contributed by atoms with Crippen LogP contribution in [0.5, 0.6) is 0 Å². The molecule has 1 N–H and O–H groups in total. The van der Waals surface area contributed by atoms with Crippen LogP contribution < -0.4 is 0 Å². The zero-order chi connectivity index (χ0) is 32.5. The molecule has 5 rings (SSSR count).